The molecule has 0 saturated carbocycles. The summed E-state index contributed by atoms with van der Waals surface area (Å²) in [5.74, 6) is -0.219. The van der Waals surface area contributed by atoms with Crippen LogP contribution in [0.15, 0.2) is 18.2 Å². The molecule has 1 aliphatic rings. The number of carbonyl (C=O) groups is 1. The molecule has 2 rings (SSSR count). The van der Waals surface area contributed by atoms with Gasteiger partial charge in [-0.15, -0.1) is 0 Å². The van der Waals surface area contributed by atoms with E-state index in [1.807, 2.05) is 6.07 Å². The van der Waals surface area contributed by atoms with Crippen molar-refractivity contribution in [2.45, 2.75) is 13.0 Å². The molecule has 0 aliphatic carbocycles. The predicted molar refractivity (Wildman–Crippen MR) is 71.7 cm³/mol. The Morgan fingerprint density at radius 2 is 2.42 bits per heavy atom. The first kappa shape index (κ1) is 13.8. The number of ether oxygens (including phenoxy) is 1. The summed E-state index contributed by atoms with van der Waals surface area (Å²) >= 11 is 5.84. The van der Waals surface area contributed by atoms with Crippen LogP contribution in [0.5, 0.6) is 0 Å². The van der Waals surface area contributed by atoms with Gasteiger partial charge in [0.1, 0.15) is 6.07 Å². The number of nitrogens with two attached hydrogens (primary N) is 1. The summed E-state index contributed by atoms with van der Waals surface area (Å²) in [4.78, 5) is 12.2. The molecule has 1 fully saturated rings. The number of rotatable bonds is 2. The largest absolute Gasteiger partial charge is 0.379 e. The number of hydrogen-bond acceptors (Lipinski definition) is 4. The first-order valence-electron chi connectivity index (χ1n) is 5.82. The standard InChI is InChI=1S/C13H14ClN3O2/c1-13(7-19-6-11(13)16)12(18)17-9-2-3-10(14)8(4-9)5-15/h2-4,11H,6-7,16H2,1H3,(H,17,18). The van der Waals surface area contributed by atoms with Crippen molar-refractivity contribution < 1.29 is 9.53 Å². The molecule has 1 amide bonds. The number of carbonyl (C=O) groups excluding carboxylic acids is 1. The fourth-order valence-corrected chi connectivity index (χ4v) is 2.05. The van der Waals surface area contributed by atoms with Crippen LogP contribution in [0.2, 0.25) is 5.02 Å². The van der Waals surface area contributed by atoms with Crippen LogP contribution >= 0.6 is 11.6 Å². The number of hydrogen-bond donors (Lipinski definition) is 2. The van der Waals surface area contributed by atoms with Crippen molar-refractivity contribution in [3.63, 3.8) is 0 Å². The first-order valence-corrected chi connectivity index (χ1v) is 6.19. The Balaban J connectivity index is 2.18. The van der Waals surface area contributed by atoms with Crippen molar-refractivity contribution in [1.82, 2.24) is 0 Å². The summed E-state index contributed by atoms with van der Waals surface area (Å²) in [6.07, 6.45) is 0. The van der Waals surface area contributed by atoms with Gasteiger partial charge in [0.2, 0.25) is 5.91 Å². The number of anilines is 1. The SMILES string of the molecule is CC1(C(=O)Nc2ccc(Cl)c(C#N)c2)COCC1N. The molecule has 0 aromatic heterocycles. The van der Waals surface area contributed by atoms with Crippen molar-refractivity contribution in [2.24, 2.45) is 11.1 Å². The van der Waals surface area contributed by atoms with Gasteiger partial charge in [0.05, 0.1) is 29.2 Å². The van der Waals surface area contributed by atoms with Crippen LogP contribution in [0.4, 0.5) is 5.69 Å². The predicted octanol–water partition coefficient (Wildman–Crippen LogP) is 1.51. The lowest BCUT2D eigenvalue weighted by atomic mass is 9.85. The minimum absolute atomic E-state index is 0.219. The number of benzene rings is 1. The second-order valence-corrected chi connectivity index (χ2v) is 5.21. The average molecular weight is 280 g/mol. The number of nitriles is 1. The summed E-state index contributed by atoms with van der Waals surface area (Å²) in [7, 11) is 0. The van der Waals surface area contributed by atoms with E-state index in [9.17, 15) is 4.79 Å². The molecular formula is C13H14ClN3O2. The molecule has 100 valence electrons. The van der Waals surface area contributed by atoms with Crippen molar-refractivity contribution in [2.75, 3.05) is 18.5 Å². The maximum absolute atomic E-state index is 12.2. The average Bonchev–Trinajstić information content (AvgIpc) is 2.73. The third kappa shape index (κ3) is 2.56. The summed E-state index contributed by atoms with van der Waals surface area (Å²) in [6, 6.07) is 6.38. The van der Waals surface area contributed by atoms with Crippen LogP contribution in [0.3, 0.4) is 0 Å². The Hall–Kier alpha value is -1.61. The van der Waals surface area contributed by atoms with Crippen molar-refractivity contribution in [1.29, 1.82) is 5.26 Å². The van der Waals surface area contributed by atoms with Crippen molar-refractivity contribution in [3.8, 4) is 6.07 Å². The van der Waals surface area contributed by atoms with E-state index in [0.29, 0.717) is 29.5 Å². The zero-order chi connectivity index (χ0) is 14.0. The molecule has 0 bridgehead atoms. The molecule has 5 nitrogen and oxygen atoms in total. The van der Waals surface area contributed by atoms with Gasteiger partial charge in [-0.2, -0.15) is 5.26 Å². The number of halogens is 1. The Labute approximate surface area is 116 Å². The highest BCUT2D eigenvalue weighted by molar-refractivity contribution is 6.31. The molecule has 19 heavy (non-hydrogen) atoms. The number of nitrogens with zero attached hydrogens (tertiary/aromatic N) is 1. The molecule has 1 aromatic carbocycles. The zero-order valence-corrected chi connectivity index (χ0v) is 11.2. The lowest BCUT2D eigenvalue weighted by Crippen LogP contribution is -2.47. The van der Waals surface area contributed by atoms with Gasteiger partial charge < -0.3 is 15.8 Å². The molecule has 6 heteroatoms. The van der Waals surface area contributed by atoms with Gasteiger partial charge in [-0.25, -0.2) is 0 Å². The van der Waals surface area contributed by atoms with Gasteiger partial charge in [-0.05, 0) is 25.1 Å². The highest BCUT2D eigenvalue weighted by Crippen LogP contribution is 2.29. The Morgan fingerprint density at radius 3 is 3.00 bits per heavy atom. The van der Waals surface area contributed by atoms with Gasteiger partial charge in [-0.1, -0.05) is 11.6 Å². The summed E-state index contributed by atoms with van der Waals surface area (Å²) in [5.41, 5.74) is 5.97. The smallest absolute Gasteiger partial charge is 0.234 e. The molecule has 3 N–H and O–H groups in total. The molecule has 0 radical (unpaired) electrons. The van der Waals surface area contributed by atoms with Gasteiger partial charge in [0, 0.05) is 11.7 Å². The van der Waals surface area contributed by atoms with E-state index in [1.165, 1.54) is 6.07 Å². The zero-order valence-electron chi connectivity index (χ0n) is 10.4. The normalized spacial score (nSPS) is 25.9. The second kappa shape index (κ2) is 5.17. The van der Waals surface area contributed by atoms with E-state index in [4.69, 9.17) is 27.3 Å². The van der Waals surface area contributed by atoms with E-state index in [1.54, 1.807) is 19.1 Å². The quantitative estimate of drug-likeness (QED) is 0.859. The van der Waals surface area contributed by atoms with Gasteiger partial charge in [-0.3, -0.25) is 4.79 Å². The van der Waals surface area contributed by atoms with Crippen molar-refractivity contribution in [3.05, 3.63) is 28.8 Å². The van der Waals surface area contributed by atoms with Crippen LogP contribution in [0, 0.1) is 16.7 Å². The van der Waals surface area contributed by atoms with Crippen LogP contribution in [-0.2, 0) is 9.53 Å². The molecule has 1 aromatic rings. The Bertz CT molecular complexity index is 555. The van der Waals surface area contributed by atoms with Crippen LogP contribution in [-0.4, -0.2) is 25.2 Å². The summed E-state index contributed by atoms with van der Waals surface area (Å²) < 4.78 is 5.24. The lowest BCUT2D eigenvalue weighted by Gasteiger charge is -2.25. The maximum Gasteiger partial charge on any atom is 0.234 e. The number of nitrogens with one attached hydrogen (secondary N) is 1. The maximum atomic E-state index is 12.2. The summed E-state index contributed by atoms with van der Waals surface area (Å²) in [6.45, 7) is 2.42. The Kier molecular flexibility index (Phi) is 3.76. The fourth-order valence-electron chi connectivity index (χ4n) is 1.89. The van der Waals surface area contributed by atoms with Crippen LogP contribution < -0.4 is 11.1 Å². The fraction of sp³-hybridized carbons (Fsp3) is 0.385. The molecule has 0 spiro atoms. The van der Waals surface area contributed by atoms with E-state index < -0.39 is 5.41 Å². The minimum Gasteiger partial charge on any atom is -0.379 e. The molecule has 2 atom stereocenters. The van der Waals surface area contributed by atoms with Gasteiger partial charge >= 0.3 is 0 Å². The molecular weight excluding hydrogens is 266 g/mol. The highest BCUT2D eigenvalue weighted by atomic mass is 35.5. The molecule has 1 aliphatic heterocycles. The molecule has 2 unspecified atom stereocenters. The Morgan fingerprint density at radius 1 is 1.68 bits per heavy atom. The molecule has 1 heterocycles. The monoisotopic (exact) mass is 279 g/mol. The lowest BCUT2D eigenvalue weighted by molar-refractivity contribution is -0.125. The third-order valence-corrected chi connectivity index (χ3v) is 3.71. The van der Waals surface area contributed by atoms with Gasteiger partial charge in [0.15, 0.2) is 0 Å². The van der Waals surface area contributed by atoms with Gasteiger partial charge in [0.25, 0.3) is 0 Å². The van der Waals surface area contributed by atoms with Crippen LogP contribution in [0.1, 0.15) is 12.5 Å². The number of amides is 1. The summed E-state index contributed by atoms with van der Waals surface area (Å²) in [5, 5.41) is 12.0. The second-order valence-electron chi connectivity index (χ2n) is 4.80. The highest BCUT2D eigenvalue weighted by Gasteiger charge is 2.44. The third-order valence-electron chi connectivity index (χ3n) is 3.38. The first-order chi connectivity index (χ1) is 8.97. The van der Waals surface area contributed by atoms with E-state index in [-0.39, 0.29) is 11.9 Å². The molecule has 1 saturated heterocycles. The minimum atomic E-state index is -0.757. The topological polar surface area (TPSA) is 88.1 Å². The van der Waals surface area contributed by atoms with E-state index >= 15 is 0 Å². The van der Waals surface area contributed by atoms with E-state index in [0.717, 1.165) is 0 Å². The van der Waals surface area contributed by atoms with Crippen molar-refractivity contribution >= 4 is 23.2 Å². The van der Waals surface area contributed by atoms with Crippen LogP contribution in [0.25, 0.3) is 0 Å². The van der Waals surface area contributed by atoms with E-state index in [2.05, 4.69) is 5.32 Å².